The van der Waals surface area contributed by atoms with E-state index in [1.165, 1.54) is 6.07 Å². The van der Waals surface area contributed by atoms with Crippen molar-refractivity contribution in [2.45, 2.75) is 18.7 Å². The fourth-order valence-electron chi connectivity index (χ4n) is 2.30. The molecule has 0 aromatic heterocycles. The van der Waals surface area contributed by atoms with E-state index < -0.39 is 10.0 Å². The zero-order chi connectivity index (χ0) is 16.6. The molecule has 0 saturated carbocycles. The van der Waals surface area contributed by atoms with E-state index in [4.69, 9.17) is 9.47 Å². The Morgan fingerprint density at radius 1 is 1.04 bits per heavy atom. The molecule has 3 rings (SSSR count). The smallest absolute Gasteiger partial charge is 0.263 e. The zero-order valence-electron chi connectivity index (χ0n) is 12.7. The molecule has 7 heteroatoms. The summed E-state index contributed by atoms with van der Waals surface area (Å²) in [6.07, 6.45) is 0. The molecule has 0 atom stereocenters. The van der Waals surface area contributed by atoms with E-state index >= 15 is 0 Å². The van der Waals surface area contributed by atoms with E-state index in [0.717, 1.165) is 11.1 Å². The van der Waals surface area contributed by atoms with Gasteiger partial charge in [0.25, 0.3) is 10.0 Å². The lowest BCUT2D eigenvalue weighted by molar-refractivity contribution is 0.171. The van der Waals surface area contributed by atoms with E-state index in [-0.39, 0.29) is 4.90 Å². The molecule has 2 aromatic rings. The molecular formula is C16H16BrNO4S. The summed E-state index contributed by atoms with van der Waals surface area (Å²) < 4.78 is 39.5. The van der Waals surface area contributed by atoms with E-state index in [9.17, 15) is 8.42 Å². The fourth-order valence-corrected chi connectivity index (χ4v) is 4.46. The van der Waals surface area contributed by atoms with Crippen LogP contribution in [-0.2, 0) is 10.0 Å². The summed E-state index contributed by atoms with van der Waals surface area (Å²) in [4.78, 5) is 0.114. The summed E-state index contributed by atoms with van der Waals surface area (Å²) in [5, 5.41) is 0. The standard InChI is InChI=1S/C16H16BrNO4S/c1-10-3-4-11(2)13(7-10)18-23(19,20)16-9-15-14(8-12(16)17)21-5-6-22-15/h3-4,7-9,18H,5-6H2,1-2H3. The Kier molecular flexibility index (Phi) is 4.25. The molecule has 0 saturated heterocycles. The number of ether oxygens (including phenoxy) is 2. The number of hydrogen-bond acceptors (Lipinski definition) is 4. The summed E-state index contributed by atoms with van der Waals surface area (Å²) in [7, 11) is -3.75. The predicted molar refractivity (Wildman–Crippen MR) is 91.9 cm³/mol. The van der Waals surface area contributed by atoms with E-state index in [1.807, 2.05) is 26.0 Å². The van der Waals surface area contributed by atoms with Crippen molar-refractivity contribution in [3.8, 4) is 11.5 Å². The van der Waals surface area contributed by atoms with Crippen molar-refractivity contribution in [2.75, 3.05) is 17.9 Å². The van der Waals surface area contributed by atoms with Crippen LogP contribution in [-0.4, -0.2) is 21.6 Å². The number of hydrogen-bond donors (Lipinski definition) is 1. The van der Waals surface area contributed by atoms with Crippen molar-refractivity contribution in [3.63, 3.8) is 0 Å². The van der Waals surface area contributed by atoms with Crippen LogP contribution >= 0.6 is 15.9 Å². The Labute approximate surface area is 143 Å². The van der Waals surface area contributed by atoms with Crippen LogP contribution in [0, 0.1) is 13.8 Å². The lowest BCUT2D eigenvalue weighted by atomic mass is 10.1. The minimum Gasteiger partial charge on any atom is -0.486 e. The largest absolute Gasteiger partial charge is 0.486 e. The molecule has 0 aliphatic carbocycles. The number of aryl methyl sites for hydroxylation is 2. The molecule has 1 aliphatic heterocycles. The molecule has 0 unspecified atom stereocenters. The molecule has 1 aliphatic rings. The van der Waals surface area contributed by atoms with E-state index in [1.54, 1.807) is 12.1 Å². The van der Waals surface area contributed by atoms with Crippen molar-refractivity contribution >= 4 is 31.6 Å². The van der Waals surface area contributed by atoms with E-state index in [2.05, 4.69) is 20.7 Å². The molecule has 23 heavy (non-hydrogen) atoms. The lowest BCUT2D eigenvalue weighted by Gasteiger charge is -2.20. The Morgan fingerprint density at radius 2 is 1.70 bits per heavy atom. The van der Waals surface area contributed by atoms with Gasteiger partial charge in [-0.15, -0.1) is 0 Å². The Hall–Kier alpha value is -1.73. The highest BCUT2D eigenvalue weighted by Crippen LogP contribution is 2.38. The molecule has 1 heterocycles. The van der Waals surface area contributed by atoms with Gasteiger partial charge < -0.3 is 9.47 Å². The first-order valence-electron chi connectivity index (χ1n) is 7.06. The van der Waals surface area contributed by atoms with Crippen molar-refractivity contribution in [2.24, 2.45) is 0 Å². The summed E-state index contributed by atoms with van der Waals surface area (Å²) in [5.41, 5.74) is 2.40. The maximum absolute atomic E-state index is 12.7. The third kappa shape index (κ3) is 3.30. The van der Waals surface area contributed by atoms with Gasteiger partial charge in [-0.05, 0) is 53.0 Å². The highest BCUT2D eigenvalue weighted by atomic mass is 79.9. The van der Waals surface area contributed by atoms with Crippen LogP contribution in [0.2, 0.25) is 0 Å². The van der Waals surface area contributed by atoms with E-state index in [0.29, 0.717) is 34.9 Å². The van der Waals surface area contributed by atoms with Gasteiger partial charge in [-0.2, -0.15) is 0 Å². The van der Waals surface area contributed by atoms with Crippen molar-refractivity contribution in [1.29, 1.82) is 0 Å². The minimum absolute atomic E-state index is 0.114. The van der Waals surface area contributed by atoms with Crippen molar-refractivity contribution < 1.29 is 17.9 Å². The molecule has 122 valence electrons. The van der Waals surface area contributed by atoms with Gasteiger partial charge >= 0.3 is 0 Å². The van der Waals surface area contributed by atoms with Crippen molar-refractivity contribution in [1.82, 2.24) is 0 Å². The van der Waals surface area contributed by atoms with Crippen LogP contribution in [0.3, 0.4) is 0 Å². The maximum Gasteiger partial charge on any atom is 0.263 e. The highest BCUT2D eigenvalue weighted by molar-refractivity contribution is 9.10. The lowest BCUT2D eigenvalue weighted by Crippen LogP contribution is -2.18. The third-order valence-corrected chi connectivity index (χ3v) is 5.85. The first kappa shape index (κ1) is 16.1. The SMILES string of the molecule is Cc1ccc(C)c(NS(=O)(=O)c2cc3c(cc2Br)OCCO3)c1. The molecule has 2 aromatic carbocycles. The first-order chi connectivity index (χ1) is 10.9. The quantitative estimate of drug-likeness (QED) is 0.858. The maximum atomic E-state index is 12.7. The molecule has 0 spiro atoms. The molecule has 1 N–H and O–H groups in total. The predicted octanol–water partition coefficient (Wildman–Crippen LogP) is 3.64. The Bertz CT molecular complexity index is 865. The van der Waals surface area contributed by atoms with Crippen LogP contribution < -0.4 is 14.2 Å². The van der Waals surface area contributed by atoms with Crippen LogP contribution in [0.25, 0.3) is 0 Å². The minimum atomic E-state index is -3.75. The second kappa shape index (κ2) is 6.05. The zero-order valence-corrected chi connectivity index (χ0v) is 15.1. The Morgan fingerprint density at radius 3 is 2.39 bits per heavy atom. The Balaban J connectivity index is 2.01. The second-order valence-electron chi connectivity index (χ2n) is 5.35. The molecule has 0 bridgehead atoms. The average Bonchev–Trinajstić information content (AvgIpc) is 2.50. The third-order valence-electron chi connectivity index (χ3n) is 3.52. The summed E-state index contributed by atoms with van der Waals surface area (Å²) in [5.74, 6) is 0.967. The molecule has 0 radical (unpaired) electrons. The summed E-state index contributed by atoms with van der Waals surface area (Å²) >= 11 is 3.30. The summed E-state index contributed by atoms with van der Waals surface area (Å²) in [6.45, 7) is 4.62. The topological polar surface area (TPSA) is 64.6 Å². The van der Waals surface area contributed by atoms with Gasteiger partial charge in [0.1, 0.15) is 18.1 Å². The van der Waals surface area contributed by atoms with Gasteiger partial charge in [-0.3, -0.25) is 4.72 Å². The number of rotatable bonds is 3. The summed E-state index contributed by atoms with van der Waals surface area (Å²) in [6, 6.07) is 8.72. The number of halogens is 1. The van der Waals surface area contributed by atoms with Crippen LogP contribution in [0.4, 0.5) is 5.69 Å². The van der Waals surface area contributed by atoms with Crippen LogP contribution in [0.1, 0.15) is 11.1 Å². The van der Waals surface area contributed by atoms with Crippen LogP contribution in [0.15, 0.2) is 39.7 Å². The number of sulfonamides is 1. The van der Waals surface area contributed by atoms with Crippen LogP contribution in [0.5, 0.6) is 11.5 Å². The first-order valence-corrected chi connectivity index (χ1v) is 9.34. The molecule has 5 nitrogen and oxygen atoms in total. The second-order valence-corrected chi connectivity index (χ2v) is 7.86. The molecule has 0 fully saturated rings. The van der Waals surface area contributed by atoms with Gasteiger partial charge in [-0.1, -0.05) is 12.1 Å². The van der Waals surface area contributed by atoms with Gasteiger partial charge in [0.2, 0.25) is 0 Å². The number of benzene rings is 2. The van der Waals surface area contributed by atoms with Gasteiger partial charge in [-0.25, -0.2) is 8.42 Å². The fraction of sp³-hybridized carbons (Fsp3) is 0.250. The highest BCUT2D eigenvalue weighted by Gasteiger charge is 2.23. The number of anilines is 1. The number of fused-ring (bicyclic) bond motifs is 1. The monoisotopic (exact) mass is 397 g/mol. The van der Waals surface area contributed by atoms with Gasteiger partial charge in [0, 0.05) is 10.5 Å². The number of nitrogens with one attached hydrogen (secondary N) is 1. The van der Waals surface area contributed by atoms with Crippen molar-refractivity contribution in [3.05, 3.63) is 45.9 Å². The van der Waals surface area contributed by atoms with Gasteiger partial charge in [0.15, 0.2) is 11.5 Å². The average molecular weight is 398 g/mol. The molecular weight excluding hydrogens is 382 g/mol. The van der Waals surface area contributed by atoms with Gasteiger partial charge in [0.05, 0.1) is 5.69 Å². The molecule has 0 amide bonds. The normalized spacial score (nSPS) is 13.7.